The molecule has 0 unspecified atom stereocenters. The molecule has 5 heteroatoms. The van der Waals surface area contributed by atoms with Gasteiger partial charge in [0.1, 0.15) is 0 Å². The van der Waals surface area contributed by atoms with Crippen LogP contribution in [0.25, 0.3) is 0 Å². The standard InChI is InChI=1S/C7H6O2.C4H10N2O/c8-7(9)6-4-2-1-3-5-6;5-6-1-3-7-4-2-6/h1-5H,(H,8,9);1-5H2. The van der Waals surface area contributed by atoms with Gasteiger partial charge in [0.05, 0.1) is 18.8 Å². The lowest BCUT2D eigenvalue weighted by atomic mass is 10.2. The Morgan fingerprint density at radius 1 is 1.25 bits per heavy atom. The van der Waals surface area contributed by atoms with Gasteiger partial charge in [-0.3, -0.25) is 5.84 Å². The Morgan fingerprint density at radius 3 is 2.12 bits per heavy atom. The summed E-state index contributed by atoms with van der Waals surface area (Å²) in [5.41, 5.74) is 0.331. The first-order chi connectivity index (χ1) is 7.70. The number of aromatic carboxylic acids is 1. The third kappa shape index (κ3) is 4.88. The van der Waals surface area contributed by atoms with Crippen molar-refractivity contribution in [2.24, 2.45) is 5.84 Å². The number of hydrazine groups is 1. The fourth-order valence-electron chi connectivity index (χ4n) is 1.16. The van der Waals surface area contributed by atoms with Gasteiger partial charge >= 0.3 is 5.97 Å². The summed E-state index contributed by atoms with van der Waals surface area (Å²) in [6.45, 7) is 3.33. The Bertz CT molecular complexity index is 310. The normalized spacial score (nSPS) is 16.1. The maximum absolute atomic E-state index is 10.2. The Hall–Kier alpha value is -1.43. The van der Waals surface area contributed by atoms with Crippen LogP contribution in [0.2, 0.25) is 0 Å². The number of nitrogens with two attached hydrogens (primary N) is 1. The van der Waals surface area contributed by atoms with E-state index in [4.69, 9.17) is 15.7 Å². The van der Waals surface area contributed by atoms with Crippen molar-refractivity contribution >= 4 is 5.97 Å². The number of morpholine rings is 1. The summed E-state index contributed by atoms with van der Waals surface area (Å²) in [5.74, 6) is 4.51. The highest BCUT2D eigenvalue weighted by Gasteiger charge is 2.02. The monoisotopic (exact) mass is 224 g/mol. The average molecular weight is 224 g/mol. The van der Waals surface area contributed by atoms with Gasteiger partial charge in [-0.1, -0.05) is 18.2 Å². The molecule has 0 bridgehead atoms. The molecule has 1 aliphatic rings. The van der Waals surface area contributed by atoms with Crippen molar-refractivity contribution in [3.05, 3.63) is 35.9 Å². The van der Waals surface area contributed by atoms with E-state index in [0.717, 1.165) is 26.3 Å². The molecule has 1 fully saturated rings. The molecule has 0 amide bonds. The molecule has 0 atom stereocenters. The molecule has 0 spiro atoms. The van der Waals surface area contributed by atoms with E-state index < -0.39 is 5.97 Å². The molecule has 1 heterocycles. The third-order valence-electron chi connectivity index (χ3n) is 2.07. The van der Waals surface area contributed by atoms with E-state index in [9.17, 15) is 4.79 Å². The molecule has 0 radical (unpaired) electrons. The van der Waals surface area contributed by atoms with E-state index >= 15 is 0 Å². The van der Waals surface area contributed by atoms with Crippen LogP contribution in [0.15, 0.2) is 30.3 Å². The fourth-order valence-corrected chi connectivity index (χ4v) is 1.16. The van der Waals surface area contributed by atoms with Crippen LogP contribution in [0.3, 0.4) is 0 Å². The minimum atomic E-state index is -0.879. The van der Waals surface area contributed by atoms with Crippen LogP contribution in [-0.4, -0.2) is 42.4 Å². The average Bonchev–Trinajstić information content (AvgIpc) is 2.32. The molecule has 2 rings (SSSR count). The summed E-state index contributed by atoms with van der Waals surface area (Å²) in [7, 11) is 0. The largest absolute Gasteiger partial charge is 0.478 e. The van der Waals surface area contributed by atoms with Gasteiger partial charge in [-0.05, 0) is 12.1 Å². The number of hydrogen-bond donors (Lipinski definition) is 2. The number of carbonyl (C=O) groups is 1. The third-order valence-corrected chi connectivity index (χ3v) is 2.07. The zero-order valence-electron chi connectivity index (χ0n) is 9.00. The van der Waals surface area contributed by atoms with Crippen molar-refractivity contribution in [2.45, 2.75) is 0 Å². The molecule has 0 aromatic heterocycles. The SMILES string of the molecule is NN1CCOCC1.O=C(O)c1ccccc1. The second-order valence-electron chi connectivity index (χ2n) is 3.32. The van der Waals surface area contributed by atoms with Gasteiger partial charge in [-0.15, -0.1) is 0 Å². The highest BCUT2D eigenvalue weighted by Crippen LogP contribution is 1.96. The van der Waals surface area contributed by atoms with E-state index in [1.54, 1.807) is 35.3 Å². The predicted molar refractivity (Wildman–Crippen MR) is 60.0 cm³/mol. The maximum Gasteiger partial charge on any atom is 0.335 e. The molecule has 16 heavy (non-hydrogen) atoms. The number of ether oxygens (including phenoxy) is 1. The van der Waals surface area contributed by atoms with Crippen molar-refractivity contribution in [1.82, 2.24) is 5.01 Å². The van der Waals surface area contributed by atoms with Gasteiger partial charge < -0.3 is 9.84 Å². The van der Waals surface area contributed by atoms with Crippen LogP contribution >= 0.6 is 0 Å². The molecule has 5 nitrogen and oxygen atoms in total. The Balaban J connectivity index is 0.000000165. The van der Waals surface area contributed by atoms with Crippen molar-refractivity contribution < 1.29 is 14.6 Å². The van der Waals surface area contributed by atoms with Crippen LogP contribution in [0.1, 0.15) is 10.4 Å². The van der Waals surface area contributed by atoms with E-state index in [1.165, 1.54) is 0 Å². The van der Waals surface area contributed by atoms with Gasteiger partial charge in [0.2, 0.25) is 0 Å². The van der Waals surface area contributed by atoms with E-state index in [1.807, 2.05) is 0 Å². The maximum atomic E-state index is 10.2. The van der Waals surface area contributed by atoms with Crippen molar-refractivity contribution in [1.29, 1.82) is 0 Å². The lowest BCUT2D eigenvalue weighted by Gasteiger charge is -2.20. The van der Waals surface area contributed by atoms with E-state index in [0.29, 0.717) is 5.56 Å². The highest BCUT2D eigenvalue weighted by molar-refractivity contribution is 5.87. The van der Waals surface area contributed by atoms with Crippen LogP contribution in [0.4, 0.5) is 0 Å². The fraction of sp³-hybridized carbons (Fsp3) is 0.364. The summed E-state index contributed by atoms with van der Waals surface area (Å²) >= 11 is 0. The van der Waals surface area contributed by atoms with Crippen LogP contribution in [-0.2, 0) is 4.74 Å². The second-order valence-corrected chi connectivity index (χ2v) is 3.32. The zero-order valence-corrected chi connectivity index (χ0v) is 9.00. The Morgan fingerprint density at radius 2 is 1.81 bits per heavy atom. The number of carboxylic acid groups (broad SMARTS) is 1. The summed E-state index contributed by atoms with van der Waals surface area (Å²) in [5, 5.41) is 10.2. The van der Waals surface area contributed by atoms with Crippen molar-refractivity contribution in [3.63, 3.8) is 0 Å². The molecular weight excluding hydrogens is 208 g/mol. The predicted octanol–water partition coefficient (Wildman–Crippen LogP) is 0.577. The van der Waals surface area contributed by atoms with Crippen LogP contribution in [0, 0.1) is 0 Å². The first-order valence-electron chi connectivity index (χ1n) is 5.06. The van der Waals surface area contributed by atoms with Gasteiger partial charge in [0.25, 0.3) is 0 Å². The summed E-state index contributed by atoms with van der Waals surface area (Å²) in [6.07, 6.45) is 0. The quantitative estimate of drug-likeness (QED) is 0.682. The summed E-state index contributed by atoms with van der Waals surface area (Å²) in [4.78, 5) is 10.2. The molecule has 3 N–H and O–H groups in total. The van der Waals surface area contributed by atoms with Gasteiger partial charge in [0, 0.05) is 13.1 Å². The smallest absolute Gasteiger partial charge is 0.335 e. The lowest BCUT2D eigenvalue weighted by Crippen LogP contribution is -2.41. The lowest BCUT2D eigenvalue weighted by molar-refractivity contribution is 0.0378. The van der Waals surface area contributed by atoms with Crippen LogP contribution in [0.5, 0.6) is 0 Å². The summed E-state index contributed by atoms with van der Waals surface area (Å²) < 4.78 is 5.02. The molecular formula is C11H16N2O3. The molecule has 0 aliphatic carbocycles. The first-order valence-corrected chi connectivity index (χ1v) is 5.06. The number of hydrogen-bond acceptors (Lipinski definition) is 4. The number of benzene rings is 1. The molecule has 1 aromatic rings. The Kier molecular flexibility index (Phi) is 5.49. The van der Waals surface area contributed by atoms with Gasteiger partial charge in [0.15, 0.2) is 0 Å². The highest BCUT2D eigenvalue weighted by atomic mass is 16.5. The second kappa shape index (κ2) is 6.95. The van der Waals surface area contributed by atoms with Gasteiger partial charge in [-0.2, -0.15) is 0 Å². The zero-order chi connectivity index (χ0) is 11.8. The Labute approximate surface area is 94.4 Å². The molecule has 1 saturated heterocycles. The topological polar surface area (TPSA) is 75.8 Å². The molecule has 0 saturated carbocycles. The van der Waals surface area contributed by atoms with Crippen molar-refractivity contribution in [3.8, 4) is 0 Å². The molecule has 1 aromatic carbocycles. The van der Waals surface area contributed by atoms with Crippen molar-refractivity contribution in [2.75, 3.05) is 26.3 Å². The van der Waals surface area contributed by atoms with E-state index in [-0.39, 0.29) is 0 Å². The summed E-state index contributed by atoms with van der Waals surface area (Å²) in [6, 6.07) is 8.30. The molecule has 88 valence electrons. The minimum absolute atomic E-state index is 0.331. The number of nitrogens with zero attached hydrogens (tertiary/aromatic N) is 1. The van der Waals surface area contributed by atoms with Crippen LogP contribution < -0.4 is 5.84 Å². The minimum Gasteiger partial charge on any atom is -0.478 e. The van der Waals surface area contributed by atoms with E-state index in [2.05, 4.69) is 0 Å². The number of carboxylic acids is 1. The number of rotatable bonds is 1. The first kappa shape index (κ1) is 12.6. The molecule has 1 aliphatic heterocycles. The van der Waals surface area contributed by atoms with Gasteiger partial charge in [-0.25, -0.2) is 9.80 Å².